The minimum absolute atomic E-state index is 0.0927. The second-order valence-corrected chi connectivity index (χ2v) is 6.87. The van der Waals surface area contributed by atoms with Gasteiger partial charge in [-0.3, -0.25) is 14.3 Å². The first-order chi connectivity index (χ1) is 12.6. The summed E-state index contributed by atoms with van der Waals surface area (Å²) < 4.78 is 1.98. The van der Waals surface area contributed by atoms with Gasteiger partial charge >= 0.3 is 0 Å². The molecule has 1 amide bonds. The second-order valence-electron chi connectivity index (χ2n) is 6.87. The van der Waals surface area contributed by atoms with Gasteiger partial charge in [-0.05, 0) is 33.9 Å². The summed E-state index contributed by atoms with van der Waals surface area (Å²) in [6.07, 6.45) is 12.5. The zero-order chi connectivity index (χ0) is 18.5. The summed E-state index contributed by atoms with van der Waals surface area (Å²) in [5, 5.41) is 0. The third-order valence-electron chi connectivity index (χ3n) is 4.68. The van der Waals surface area contributed by atoms with Crippen LogP contribution >= 0.6 is 0 Å². The van der Waals surface area contributed by atoms with Crippen molar-refractivity contribution in [3.63, 3.8) is 0 Å². The first kappa shape index (κ1) is 18.3. The largest absolute Gasteiger partial charge is 0.339 e. The van der Waals surface area contributed by atoms with E-state index in [1.54, 1.807) is 24.7 Å². The Morgan fingerprint density at radius 1 is 1.19 bits per heavy atom. The summed E-state index contributed by atoms with van der Waals surface area (Å²) >= 11 is 0. The fourth-order valence-electron chi connectivity index (χ4n) is 3.26. The van der Waals surface area contributed by atoms with Crippen molar-refractivity contribution in [3.05, 3.63) is 48.5 Å². The Kier molecular flexibility index (Phi) is 5.78. The lowest BCUT2D eigenvalue weighted by Gasteiger charge is -2.31. The van der Waals surface area contributed by atoms with E-state index in [0.29, 0.717) is 5.92 Å². The number of hydrogen-bond acceptors (Lipinski definition) is 5. The van der Waals surface area contributed by atoms with Crippen LogP contribution in [-0.2, 0) is 4.79 Å². The predicted molar refractivity (Wildman–Crippen MR) is 100 cm³/mol. The van der Waals surface area contributed by atoms with Crippen molar-refractivity contribution in [2.24, 2.45) is 0 Å². The van der Waals surface area contributed by atoms with Crippen LogP contribution in [0.2, 0.25) is 0 Å². The fourth-order valence-corrected chi connectivity index (χ4v) is 3.26. The molecular weight excluding hydrogens is 328 g/mol. The molecule has 0 saturated carbocycles. The van der Waals surface area contributed by atoms with Gasteiger partial charge in [-0.1, -0.05) is 6.08 Å². The van der Waals surface area contributed by atoms with Crippen molar-refractivity contribution in [2.75, 3.05) is 33.7 Å². The summed E-state index contributed by atoms with van der Waals surface area (Å²) in [5.74, 6) is 2.13. The van der Waals surface area contributed by atoms with Gasteiger partial charge in [0.25, 0.3) is 0 Å². The zero-order valence-corrected chi connectivity index (χ0v) is 15.7. The van der Waals surface area contributed by atoms with Crippen LogP contribution in [0.25, 0.3) is 5.82 Å². The van der Waals surface area contributed by atoms with Crippen molar-refractivity contribution >= 4 is 5.91 Å². The SMILES string of the molecule is Cc1nccn1-c1nccnc1C1CCN(C(=O)/C=C/CN(C)C)CC1. The first-order valence-corrected chi connectivity index (χ1v) is 8.97. The van der Waals surface area contributed by atoms with E-state index in [2.05, 4.69) is 15.0 Å². The highest BCUT2D eigenvalue weighted by atomic mass is 16.2. The number of likely N-dealkylation sites (tertiary alicyclic amines) is 1. The minimum Gasteiger partial charge on any atom is -0.339 e. The molecule has 0 atom stereocenters. The van der Waals surface area contributed by atoms with Crippen molar-refractivity contribution in [1.82, 2.24) is 29.3 Å². The second kappa shape index (κ2) is 8.23. The fraction of sp³-hybridized carbons (Fsp3) is 0.474. The van der Waals surface area contributed by atoms with Gasteiger partial charge in [0.1, 0.15) is 5.82 Å². The van der Waals surface area contributed by atoms with Gasteiger partial charge in [-0.25, -0.2) is 9.97 Å². The van der Waals surface area contributed by atoms with Gasteiger partial charge in [-0.15, -0.1) is 0 Å². The van der Waals surface area contributed by atoms with Crippen LogP contribution in [0.3, 0.4) is 0 Å². The monoisotopic (exact) mass is 354 g/mol. The van der Waals surface area contributed by atoms with Gasteiger partial charge in [0.05, 0.1) is 5.69 Å². The van der Waals surface area contributed by atoms with Crippen molar-refractivity contribution < 1.29 is 4.79 Å². The van der Waals surface area contributed by atoms with Crippen LogP contribution in [0.5, 0.6) is 0 Å². The predicted octanol–water partition coefficient (Wildman–Crippen LogP) is 1.79. The van der Waals surface area contributed by atoms with E-state index >= 15 is 0 Å². The summed E-state index contributed by atoms with van der Waals surface area (Å²) in [5.41, 5.74) is 0.990. The molecule has 26 heavy (non-hydrogen) atoms. The highest BCUT2D eigenvalue weighted by molar-refractivity contribution is 5.87. The average molecular weight is 354 g/mol. The number of imidazole rings is 1. The molecule has 3 rings (SSSR count). The lowest BCUT2D eigenvalue weighted by atomic mass is 9.93. The van der Waals surface area contributed by atoms with E-state index in [1.807, 2.05) is 47.7 Å². The Bertz CT molecular complexity index is 774. The topological polar surface area (TPSA) is 67.2 Å². The maximum Gasteiger partial charge on any atom is 0.246 e. The third-order valence-corrected chi connectivity index (χ3v) is 4.68. The number of hydrogen-bond donors (Lipinski definition) is 0. The Morgan fingerprint density at radius 3 is 2.58 bits per heavy atom. The molecule has 1 fully saturated rings. The molecule has 1 aliphatic heterocycles. The molecule has 0 bridgehead atoms. The summed E-state index contributed by atoms with van der Waals surface area (Å²) in [6.45, 7) is 4.22. The minimum atomic E-state index is 0.0927. The molecule has 0 aliphatic carbocycles. The van der Waals surface area contributed by atoms with E-state index in [9.17, 15) is 4.79 Å². The molecule has 138 valence electrons. The number of amides is 1. The number of nitrogens with zero attached hydrogens (tertiary/aromatic N) is 6. The van der Waals surface area contributed by atoms with Gasteiger partial charge in [0, 0.05) is 56.4 Å². The lowest BCUT2D eigenvalue weighted by molar-refractivity contribution is -0.127. The van der Waals surface area contributed by atoms with Gasteiger partial charge < -0.3 is 9.80 Å². The van der Waals surface area contributed by atoms with Gasteiger partial charge in [-0.2, -0.15) is 0 Å². The van der Waals surface area contributed by atoms with Crippen LogP contribution in [0.4, 0.5) is 0 Å². The van der Waals surface area contributed by atoms with E-state index in [1.165, 1.54) is 0 Å². The lowest BCUT2D eigenvalue weighted by Crippen LogP contribution is -2.37. The molecular formula is C19H26N6O. The Hall–Kier alpha value is -2.54. The molecule has 1 saturated heterocycles. The molecule has 0 spiro atoms. The van der Waals surface area contributed by atoms with Crippen LogP contribution < -0.4 is 0 Å². The summed E-state index contributed by atoms with van der Waals surface area (Å²) in [4.78, 5) is 29.7. The zero-order valence-electron chi connectivity index (χ0n) is 15.7. The Morgan fingerprint density at radius 2 is 1.92 bits per heavy atom. The normalized spacial score (nSPS) is 15.9. The molecule has 0 N–H and O–H groups in total. The number of aromatic nitrogens is 4. The molecule has 2 aromatic rings. The molecule has 0 unspecified atom stereocenters. The number of rotatable bonds is 5. The van der Waals surface area contributed by atoms with Crippen LogP contribution in [0, 0.1) is 6.92 Å². The standard InChI is InChI=1S/C19H26N6O/c1-15-20-10-14-25(15)19-18(21-8-9-22-19)16-6-12-24(13-7-16)17(26)5-4-11-23(2)3/h4-5,8-10,14,16H,6-7,11-13H2,1-3H3/b5-4+. The number of carbonyl (C=O) groups is 1. The van der Waals surface area contributed by atoms with Gasteiger partial charge in [0.15, 0.2) is 5.82 Å². The number of piperidine rings is 1. The number of aryl methyl sites for hydroxylation is 1. The highest BCUT2D eigenvalue weighted by Crippen LogP contribution is 2.30. The highest BCUT2D eigenvalue weighted by Gasteiger charge is 2.26. The van der Waals surface area contributed by atoms with Crippen molar-refractivity contribution in [1.29, 1.82) is 0 Å². The first-order valence-electron chi connectivity index (χ1n) is 8.97. The molecule has 0 aromatic carbocycles. The Labute approximate surface area is 154 Å². The number of likely N-dealkylation sites (N-methyl/N-ethyl adjacent to an activating group) is 1. The maximum atomic E-state index is 12.3. The molecule has 3 heterocycles. The molecule has 1 aliphatic rings. The van der Waals surface area contributed by atoms with E-state index in [-0.39, 0.29) is 5.91 Å². The van der Waals surface area contributed by atoms with E-state index in [0.717, 1.165) is 49.8 Å². The molecule has 7 nitrogen and oxygen atoms in total. The smallest absolute Gasteiger partial charge is 0.246 e. The maximum absolute atomic E-state index is 12.3. The van der Waals surface area contributed by atoms with E-state index in [4.69, 9.17) is 0 Å². The molecule has 0 radical (unpaired) electrons. The van der Waals surface area contributed by atoms with Gasteiger partial charge in [0.2, 0.25) is 5.91 Å². The van der Waals surface area contributed by atoms with Crippen LogP contribution in [0.1, 0.15) is 30.3 Å². The van der Waals surface area contributed by atoms with Crippen molar-refractivity contribution in [2.45, 2.75) is 25.7 Å². The van der Waals surface area contributed by atoms with Crippen LogP contribution in [0.15, 0.2) is 36.9 Å². The van der Waals surface area contributed by atoms with E-state index < -0.39 is 0 Å². The average Bonchev–Trinajstić information content (AvgIpc) is 3.07. The molecule has 7 heteroatoms. The van der Waals surface area contributed by atoms with Crippen LogP contribution in [-0.4, -0.2) is 69.0 Å². The summed E-state index contributed by atoms with van der Waals surface area (Å²) in [7, 11) is 3.97. The Balaban J connectivity index is 1.67. The van der Waals surface area contributed by atoms with Crippen molar-refractivity contribution in [3.8, 4) is 5.82 Å². The quantitative estimate of drug-likeness (QED) is 0.766. The summed E-state index contributed by atoms with van der Waals surface area (Å²) in [6, 6.07) is 0. The third kappa shape index (κ3) is 4.16. The number of carbonyl (C=O) groups excluding carboxylic acids is 1. The molecule has 2 aromatic heterocycles.